The summed E-state index contributed by atoms with van der Waals surface area (Å²) in [5.74, 6) is 0. The molecule has 0 spiro atoms. The third kappa shape index (κ3) is 3.09. The summed E-state index contributed by atoms with van der Waals surface area (Å²) in [7, 11) is 0. The number of anilines is 2. The van der Waals surface area contributed by atoms with Crippen LogP contribution < -0.4 is 16.5 Å². The minimum Gasteiger partial charge on any atom is -0.397 e. The van der Waals surface area contributed by atoms with Crippen LogP contribution in [0.25, 0.3) is 10.4 Å². The van der Waals surface area contributed by atoms with Gasteiger partial charge in [0.05, 0.1) is 17.9 Å². The van der Waals surface area contributed by atoms with Crippen LogP contribution in [0.1, 0.15) is 11.1 Å². The molecule has 0 radical (unpaired) electrons. The van der Waals surface area contributed by atoms with Gasteiger partial charge in [0.1, 0.15) is 0 Å². The Balaban J connectivity index is 1.67. The van der Waals surface area contributed by atoms with Crippen molar-refractivity contribution in [2.24, 2.45) is 0 Å². The second-order valence-corrected chi connectivity index (χ2v) is 6.82. The minimum absolute atomic E-state index is 0.211. The molecule has 6 heteroatoms. The fourth-order valence-electron chi connectivity index (χ4n) is 2.97. The van der Waals surface area contributed by atoms with Gasteiger partial charge in [0, 0.05) is 17.0 Å². The van der Waals surface area contributed by atoms with E-state index in [1.54, 1.807) is 16.3 Å². The largest absolute Gasteiger partial charge is 0.397 e. The van der Waals surface area contributed by atoms with Gasteiger partial charge in [0.15, 0.2) is 0 Å². The Morgan fingerprint density at radius 2 is 1.92 bits per heavy atom. The molecule has 1 aliphatic heterocycles. The monoisotopic (exact) mass is 350 g/mol. The first-order chi connectivity index (χ1) is 12.2. The van der Waals surface area contributed by atoms with Crippen LogP contribution >= 0.6 is 11.3 Å². The molecule has 5 nitrogen and oxygen atoms in total. The number of fused-ring (bicyclic) bond motifs is 1. The third-order valence-electron chi connectivity index (χ3n) is 4.24. The van der Waals surface area contributed by atoms with Crippen molar-refractivity contribution in [1.82, 2.24) is 10.4 Å². The zero-order valence-corrected chi connectivity index (χ0v) is 14.3. The highest BCUT2D eigenvalue weighted by Crippen LogP contribution is 2.36. The van der Waals surface area contributed by atoms with Crippen LogP contribution in [0.5, 0.6) is 0 Å². The summed E-state index contributed by atoms with van der Waals surface area (Å²) in [5.41, 5.74) is 13.8. The van der Waals surface area contributed by atoms with Gasteiger partial charge in [-0.1, -0.05) is 42.5 Å². The van der Waals surface area contributed by atoms with Crippen LogP contribution in [0.15, 0.2) is 60.0 Å². The number of nitrogens with one attached hydrogen (secondary N) is 2. The van der Waals surface area contributed by atoms with Crippen molar-refractivity contribution in [1.29, 1.82) is 0 Å². The molecule has 2 amide bonds. The van der Waals surface area contributed by atoms with Gasteiger partial charge in [-0.2, -0.15) is 0 Å². The number of nitrogen functional groups attached to an aromatic ring is 1. The maximum Gasteiger partial charge on any atom is 0.336 e. The van der Waals surface area contributed by atoms with E-state index in [2.05, 4.69) is 16.8 Å². The first-order valence-electron chi connectivity index (χ1n) is 8.03. The average molecular weight is 350 g/mol. The number of benzene rings is 2. The standard InChI is InChI=1S/C19H18N4OS/c20-16-9-8-14(17-7-4-10-25-17)15-11-21-23(19(24)22-18(15)16)12-13-5-2-1-3-6-13/h1-10,21H,11-12,20H2,(H,22,24). The Hall–Kier alpha value is -2.83. The number of carbonyl (C=O) groups is 1. The second kappa shape index (κ2) is 6.58. The number of carbonyl (C=O) groups excluding carboxylic acids is 1. The predicted octanol–water partition coefficient (Wildman–Crippen LogP) is 4.05. The van der Waals surface area contributed by atoms with E-state index in [0.717, 1.165) is 21.6 Å². The number of amides is 2. The Bertz CT molecular complexity index is 893. The van der Waals surface area contributed by atoms with Crippen molar-refractivity contribution in [3.8, 4) is 10.4 Å². The average Bonchev–Trinajstić information content (AvgIpc) is 3.10. The molecular formula is C19H18N4OS. The van der Waals surface area contributed by atoms with Crippen molar-refractivity contribution < 1.29 is 4.79 Å². The number of thiophene rings is 1. The van der Waals surface area contributed by atoms with Gasteiger partial charge in [-0.15, -0.1) is 11.3 Å². The number of rotatable bonds is 3. The number of nitrogens with two attached hydrogens (primary N) is 1. The first-order valence-corrected chi connectivity index (χ1v) is 8.91. The molecule has 4 rings (SSSR count). The van der Waals surface area contributed by atoms with Crippen molar-refractivity contribution in [3.63, 3.8) is 0 Å². The number of urea groups is 1. The molecule has 0 unspecified atom stereocenters. The molecule has 2 heterocycles. The molecular weight excluding hydrogens is 332 g/mol. The number of nitrogens with zero attached hydrogens (tertiary/aromatic N) is 1. The molecule has 0 aliphatic carbocycles. The molecule has 1 aromatic heterocycles. The molecule has 126 valence electrons. The highest BCUT2D eigenvalue weighted by molar-refractivity contribution is 7.13. The van der Waals surface area contributed by atoms with Crippen LogP contribution in [0, 0.1) is 0 Å². The summed E-state index contributed by atoms with van der Waals surface area (Å²) in [6.45, 7) is 1.01. The SMILES string of the molecule is Nc1ccc(-c2cccs2)c2c1NC(=O)N(Cc1ccccc1)NC2. The highest BCUT2D eigenvalue weighted by atomic mass is 32.1. The Labute approximate surface area is 150 Å². The van der Waals surface area contributed by atoms with Crippen molar-refractivity contribution in [3.05, 3.63) is 71.1 Å². The van der Waals surface area contributed by atoms with E-state index >= 15 is 0 Å². The van der Waals surface area contributed by atoms with Gasteiger partial charge in [-0.25, -0.2) is 10.2 Å². The maximum atomic E-state index is 12.6. The second-order valence-electron chi connectivity index (χ2n) is 5.87. The van der Waals surface area contributed by atoms with Crippen LogP contribution in [0.2, 0.25) is 0 Å². The first kappa shape index (κ1) is 15.7. The van der Waals surface area contributed by atoms with Crippen molar-refractivity contribution >= 4 is 28.7 Å². The van der Waals surface area contributed by atoms with E-state index in [9.17, 15) is 4.79 Å². The quantitative estimate of drug-likeness (QED) is 0.624. The summed E-state index contributed by atoms with van der Waals surface area (Å²) in [5, 5.41) is 6.60. The number of hydrogen-bond acceptors (Lipinski definition) is 4. The molecule has 4 N–H and O–H groups in total. The fourth-order valence-corrected chi connectivity index (χ4v) is 3.75. The van der Waals surface area contributed by atoms with E-state index < -0.39 is 0 Å². The van der Waals surface area contributed by atoms with Crippen molar-refractivity contribution in [2.45, 2.75) is 13.1 Å². The summed E-state index contributed by atoms with van der Waals surface area (Å²) in [6.07, 6.45) is 0. The smallest absolute Gasteiger partial charge is 0.336 e. The van der Waals surface area contributed by atoms with Crippen molar-refractivity contribution in [2.75, 3.05) is 11.1 Å². The molecule has 25 heavy (non-hydrogen) atoms. The number of hydrazine groups is 1. The number of hydrogen-bond donors (Lipinski definition) is 3. The van der Waals surface area contributed by atoms with E-state index in [1.165, 1.54) is 0 Å². The maximum absolute atomic E-state index is 12.6. The normalized spacial score (nSPS) is 13.9. The molecule has 0 fully saturated rings. The van der Waals surface area contributed by atoms with Crippen LogP contribution in [-0.2, 0) is 13.1 Å². The zero-order valence-electron chi connectivity index (χ0n) is 13.5. The van der Waals surface area contributed by atoms with E-state index in [-0.39, 0.29) is 6.03 Å². The molecule has 1 aliphatic rings. The molecule has 0 atom stereocenters. The van der Waals surface area contributed by atoms with Gasteiger partial charge < -0.3 is 11.1 Å². The molecule has 2 aromatic carbocycles. The minimum atomic E-state index is -0.211. The molecule has 0 saturated carbocycles. The van der Waals surface area contributed by atoms with Gasteiger partial charge in [0.2, 0.25) is 0 Å². The Morgan fingerprint density at radius 1 is 1.08 bits per heavy atom. The lowest BCUT2D eigenvalue weighted by atomic mass is 10.0. The Morgan fingerprint density at radius 3 is 2.68 bits per heavy atom. The van der Waals surface area contributed by atoms with E-state index in [4.69, 9.17) is 5.73 Å². The van der Waals surface area contributed by atoms with E-state index in [0.29, 0.717) is 24.5 Å². The summed E-state index contributed by atoms with van der Waals surface area (Å²) < 4.78 is 0. The van der Waals surface area contributed by atoms with Crippen LogP contribution in [-0.4, -0.2) is 11.0 Å². The lowest BCUT2D eigenvalue weighted by Gasteiger charge is -2.20. The van der Waals surface area contributed by atoms with Crippen LogP contribution in [0.4, 0.5) is 16.2 Å². The van der Waals surface area contributed by atoms with E-state index in [1.807, 2.05) is 53.9 Å². The highest BCUT2D eigenvalue weighted by Gasteiger charge is 2.24. The topological polar surface area (TPSA) is 70.4 Å². The summed E-state index contributed by atoms with van der Waals surface area (Å²) >= 11 is 1.67. The molecule has 0 saturated heterocycles. The predicted molar refractivity (Wildman–Crippen MR) is 102 cm³/mol. The van der Waals surface area contributed by atoms with Crippen LogP contribution in [0.3, 0.4) is 0 Å². The lowest BCUT2D eigenvalue weighted by molar-refractivity contribution is 0.180. The summed E-state index contributed by atoms with van der Waals surface area (Å²) in [4.78, 5) is 13.8. The van der Waals surface area contributed by atoms with Gasteiger partial charge >= 0.3 is 6.03 Å². The van der Waals surface area contributed by atoms with Gasteiger partial charge in [0.25, 0.3) is 0 Å². The summed E-state index contributed by atoms with van der Waals surface area (Å²) in [6, 6.07) is 17.6. The fraction of sp³-hybridized carbons (Fsp3) is 0.105. The van der Waals surface area contributed by atoms with Gasteiger partial charge in [-0.3, -0.25) is 5.01 Å². The third-order valence-corrected chi connectivity index (χ3v) is 5.14. The zero-order chi connectivity index (χ0) is 17.2. The molecule has 3 aromatic rings. The Kier molecular flexibility index (Phi) is 4.13. The molecule has 0 bridgehead atoms. The van der Waals surface area contributed by atoms with Gasteiger partial charge in [-0.05, 0) is 28.6 Å². The lowest BCUT2D eigenvalue weighted by Crippen LogP contribution is -2.42.